The van der Waals surface area contributed by atoms with Gasteiger partial charge in [-0.15, -0.1) is 0 Å². The predicted octanol–water partition coefficient (Wildman–Crippen LogP) is 4.15. The Kier molecular flexibility index (Phi) is 4.16. The van der Waals surface area contributed by atoms with Gasteiger partial charge in [0.1, 0.15) is 0 Å². The van der Waals surface area contributed by atoms with Gasteiger partial charge in [-0.25, -0.2) is 0 Å². The van der Waals surface area contributed by atoms with Crippen LogP contribution in [0.3, 0.4) is 0 Å². The van der Waals surface area contributed by atoms with E-state index >= 15 is 0 Å². The van der Waals surface area contributed by atoms with E-state index in [0.29, 0.717) is 6.04 Å². The number of hydrogen-bond acceptors (Lipinski definition) is 2. The van der Waals surface area contributed by atoms with Crippen LogP contribution in [0.15, 0.2) is 18.2 Å². The van der Waals surface area contributed by atoms with Crippen molar-refractivity contribution in [1.82, 2.24) is 0 Å². The van der Waals surface area contributed by atoms with Crippen LogP contribution in [0.5, 0.6) is 0 Å². The van der Waals surface area contributed by atoms with E-state index in [4.69, 9.17) is 11.6 Å². The van der Waals surface area contributed by atoms with Gasteiger partial charge in [0.15, 0.2) is 0 Å². The number of halogens is 1. The second-order valence-corrected chi connectivity index (χ2v) is 5.42. The smallest absolute Gasteiger partial charge is 0.0786 e. The Bertz CT molecular complexity index is 370. The van der Waals surface area contributed by atoms with Crippen LogP contribution in [0.2, 0.25) is 5.02 Å². The Morgan fingerprint density at radius 3 is 2.53 bits per heavy atom. The normalized spacial score (nSPS) is 16.9. The predicted molar refractivity (Wildman–Crippen MR) is 76.3 cm³/mol. The fourth-order valence-corrected chi connectivity index (χ4v) is 2.90. The van der Waals surface area contributed by atoms with E-state index in [1.54, 1.807) is 0 Å². The van der Waals surface area contributed by atoms with Crippen LogP contribution in [-0.4, -0.2) is 20.1 Å². The average molecular weight is 253 g/mol. The minimum atomic E-state index is 0.612. The molecule has 1 N–H and O–H groups in total. The van der Waals surface area contributed by atoms with Crippen molar-refractivity contribution < 1.29 is 0 Å². The highest BCUT2D eigenvalue weighted by molar-refractivity contribution is 6.34. The highest BCUT2D eigenvalue weighted by atomic mass is 35.5. The number of para-hydroxylation sites is 1. The van der Waals surface area contributed by atoms with Crippen molar-refractivity contribution in [3.05, 3.63) is 23.2 Å². The van der Waals surface area contributed by atoms with Gasteiger partial charge in [-0.2, -0.15) is 0 Å². The summed E-state index contributed by atoms with van der Waals surface area (Å²) in [6.07, 6.45) is 6.62. The Morgan fingerprint density at radius 1 is 1.18 bits per heavy atom. The molecule has 17 heavy (non-hydrogen) atoms. The van der Waals surface area contributed by atoms with Gasteiger partial charge in [0, 0.05) is 20.1 Å². The number of anilines is 2. The van der Waals surface area contributed by atoms with Crippen molar-refractivity contribution >= 4 is 23.0 Å². The maximum atomic E-state index is 6.26. The molecule has 0 atom stereocenters. The van der Waals surface area contributed by atoms with Crippen molar-refractivity contribution in [2.24, 2.45) is 0 Å². The summed E-state index contributed by atoms with van der Waals surface area (Å²) < 4.78 is 0. The molecule has 1 aliphatic carbocycles. The standard InChI is InChI=1S/C14H21ClN2/c1-17(2)14-12(15)9-6-10-13(14)16-11-7-4-3-5-8-11/h6,9-11,16H,3-5,7-8H2,1-2H3. The number of nitrogens with one attached hydrogen (secondary N) is 1. The molecule has 1 saturated carbocycles. The molecule has 0 aliphatic heterocycles. The van der Waals surface area contributed by atoms with Crippen LogP contribution in [0.1, 0.15) is 32.1 Å². The van der Waals surface area contributed by atoms with Crippen LogP contribution in [0.4, 0.5) is 11.4 Å². The quantitative estimate of drug-likeness (QED) is 0.869. The molecule has 1 aromatic rings. The van der Waals surface area contributed by atoms with Gasteiger partial charge >= 0.3 is 0 Å². The lowest BCUT2D eigenvalue weighted by atomic mass is 9.95. The first kappa shape index (κ1) is 12.6. The van der Waals surface area contributed by atoms with Crippen LogP contribution >= 0.6 is 11.6 Å². The van der Waals surface area contributed by atoms with Crippen molar-refractivity contribution in [2.45, 2.75) is 38.1 Å². The first-order valence-electron chi connectivity index (χ1n) is 6.41. The second-order valence-electron chi connectivity index (χ2n) is 5.01. The van der Waals surface area contributed by atoms with Crippen molar-refractivity contribution in [3.63, 3.8) is 0 Å². The summed E-state index contributed by atoms with van der Waals surface area (Å²) in [6, 6.07) is 6.69. The molecule has 0 bridgehead atoms. The fraction of sp³-hybridized carbons (Fsp3) is 0.571. The topological polar surface area (TPSA) is 15.3 Å². The van der Waals surface area contributed by atoms with Crippen LogP contribution in [-0.2, 0) is 0 Å². The minimum absolute atomic E-state index is 0.612. The highest BCUT2D eigenvalue weighted by Gasteiger charge is 2.16. The lowest BCUT2D eigenvalue weighted by Crippen LogP contribution is -2.23. The van der Waals surface area contributed by atoms with E-state index in [2.05, 4.69) is 16.3 Å². The van der Waals surface area contributed by atoms with E-state index in [9.17, 15) is 0 Å². The third-order valence-electron chi connectivity index (χ3n) is 3.40. The summed E-state index contributed by atoms with van der Waals surface area (Å²) in [4.78, 5) is 2.08. The van der Waals surface area contributed by atoms with Crippen molar-refractivity contribution in [3.8, 4) is 0 Å². The summed E-state index contributed by atoms with van der Waals surface area (Å²) in [7, 11) is 4.07. The molecular weight excluding hydrogens is 232 g/mol. The third kappa shape index (κ3) is 3.06. The molecule has 1 aliphatic rings. The van der Waals surface area contributed by atoms with E-state index in [0.717, 1.165) is 16.4 Å². The molecule has 2 rings (SSSR count). The molecule has 0 unspecified atom stereocenters. The maximum absolute atomic E-state index is 6.26. The fourth-order valence-electron chi connectivity index (χ4n) is 2.55. The third-order valence-corrected chi connectivity index (χ3v) is 3.70. The van der Waals surface area contributed by atoms with Gasteiger partial charge in [-0.1, -0.05) is 36.9 Å². The first-order chi connectivity index (χ1) is 8.18. The molecule has 0 spiro atoms. The van der Waals surface area contributed by atoms with Gasteiger partial charge in [0.2, 0.25) is 0 Å². The molecule has 1 aromatic carbocycles. The number of rotatable bonds is 3. The number of benzene rings is 1. The zero-order valence-corrected chi connectivity index (χ0v) is 11.4. The van der Waals surface area contributed by atoms with Gasteiger partial charge in [-0.05, 0) is 25.0 Å². The Morgan fingerprint density at radius 2 is 1.88 bits per heavy atom. The molecule has 0 amide bonds. The Labute approximate surface area is 109 Å². The summed E-state index contributed by atoms with van der Waals surface area (Å²) in [6.45, 7) is 0. The maximum Gasteiger partial charge on any atom is 0.0786 e. The molecule has 3 heteroatoms. The highest BCUT2D eigenvalue weighted by Crippen LogP contribution is 2.34. The first-order valence-corrected chi connectivity index (χ1v) is 6.78. The molecule has 0 saturated heterocycles. The Hall–Kier alpha value is -0.890. The molecule has 2 nitrogen and oxygen atoms in total. The minimum Gasteiger partial charge on any atom is -0.381 e. The molecule has 94 valence electrons. The molecule has 0 heterocycles. The largest absolute Gasteiger partial charge is 0.381 e. The molecular formula is C14H21ClN2. The summed E-state index contributed by atoms with van der Waals surface area (Å²) in [5, 5.41) is 4.46. The zero-order valence-electron chi connectivity index (χ0n) is 10.7. The molecule has 1 fully saturated rings. The average Bonchev–Trinajstić information content (AvgIpc) is 2.30. The monoisotopic (exact) mass is 252 g/mol. The van der Waals surface area contributed by atoms with Gasteiger partial charge in [-0.3, -0.25) is 0 Å². The summed E-state index contributed by atoms with van der Waals surface area (Å²) in [5.41, 5.74) is 2.26. The number of hydrogen-bond donors (Lipinski definition) is 1. The molecule has 0 radical (unpaired) electrons. The molecule has 0 aromatic heterocycles. The van der Waals surface area contributed by atoms with Crippen LogP contribution in [0, 0.1) is 0 Å². The Balaban J connectivity index is 2.16. The van der Waals surface area contributed by atoms with Crippen molar-refractivity contribution in [2.75, 3.05) is 24.3 Å². The van der Waals surface area contributed by atoms with Crippen molar-refractivity contribution in [1.29, 1.82) is 0 Å². The van der Waals surface area contributed by atoms with Gasteiger partial charge < -0.3 is 10.2 Å². The summed E-state index contributed by atoms with van der Waals surface area (Å²) >= 11 is 6.26. The van der Waals surface area contributed by atoms with Gasteiger partial charge in [0.25, 0.3) is 0 Å². The lowest BCUT2D eigenvalue weighted by molar-refractivity contribution is 0.463. The van der Waals surface area contributed by atoms with Crippen LogP contribution in [0.25, 0.3) is 0 Å². The second kappa shape index (κ2) is 5.63. The summed E-state index contributed by atoms with van der Waals surface area (Å²) in [5.74, 6) is 0. The lowest BCUT2D eigenvalue weighted by Gasteiger charge is -2.27. The van der Waals surface area contributed by atoms with Crippen LogP contribution < -0.4 is 10.2 Å². The SMILES string of the molecule is CN(C)c1c(Cl)cccc1NC1CCCCC1. The van der Waals surface area contributed by atoms with E-state index in [1.807, 2.05) is 26.2 Å². The number of nitrogens with zero attached hydrogens (tertiary/aromatic N) is 1. The van der Waals surface area contributed by atoms with Gasteiger partial charge in [0.05, 0.1) is 16.4 Å². The van der Waals surface area contributed by atoms with E-state index in [-0.39, 0.29) is 0 Å². The zero-order chi connectivity index (χ0) is 12.3. The van der Waals surface area contributed by atoms with E-state index in [1.165, 1.54) is 32.1 Å². The van der Waals surface area contributed by atoms with E-state index < -0.39 is 0 Å².